The number of hydrogen-bond acceptors (Lipinski definition) is 9. The molecule has 2 amide bonds. The number of carbonyl (C=O) groups excluding carboxylic acids is 2. The van der Waals surface area contributed by atoms with Gasteiger partial charge < -0.3 is 34.7 Å². The number of aliphatic hydroxyl groups excluding tert-OH is 1. The molecule has 4 N–H and O–H groups in total. The number of carbonyl (C=O) groups is 2. The van der Waals surface area contributed by atoms with E-state index in [9.17, 15) is 14.7 Å². The zero-order chi connectivity index (χ0) is 32.5. The molecular formula is C31H31BrCl2N4O7. The van der Waals surface area contributed by atoms with E-state index in [2.05, 4.69) is 37.1 Å². The summed E-state index contributed by atoms with van der Waals surface area (Å²) in [6.45, 7) is 3.84. The lowest BCUT2D eigenvalue weighted by atomic mass is 9.95. The Labute approximate surface area is 278 Å². The number of hydrazone groups is 1. The fraction of sp³-hybridized carbons (Fsp3) is 0.258. The molecular weight excluding hydrogens is 691 g/mol. The van der Waals surface area contributed by atoms with Gasteiger partial charge in [-0.2, -0.15) is 5.10 Å². The molecule has 0 aromatic heterocycles. The molecule has 0 spiro atoms. The molecule has 238 valence electrons. The minimum absolute atomic E-state index is 0.188. The second-order valence-corrected chi connectivity index (χ2v) is 11.4. The summed E-state index contributed by atoms with van der Waals surface area (Å²) < 4.78 is 23.1. The molecule has 11 nitrogen and oxygen atoms in total. The van der Waals surface area contributed by atoms with Crippen molar-refractivity contribution in [1.82, 2.24) is 16.1 Å². The summed E-state index contributed by atoms with van der Waals surface area (Å²) in [6.07, 6.45) is 0.274. The Hall–Kier alpha value is -3.97. The molecule has 0 saturated carbocycles. The number of esters is 1. The Balaban J connectivity index is 1.42. The van der Waals surface area contributed by atoms with Crippen molar-refractivity contribution in [3.8, 4) is 17.2 Å². The van der Waals surface area contributed by atoms with Crippen molar-refractivity contribution in [2.24, 2.45) is 5.10 Å². The number of rotatable bonds is 13. The molecule has 0 bridgehead atoms. The van der Waals surface area contributed by atoms with Crippen molar-refractivity contribution in [2.75, 3.05) is 20.3 Å². The third kappa shape index (κ3) is 9.04. The number of nitrogens with one attached hydrogen (secondary N) is 3. The normalized spacial score (nSPS) is 15.3. The fourth-order valence-electron chi connectivity index (χ4n) is 4.38. The third-order valence-corrected chi connectivity index (χ3v) is 7.49. The number of aliphatic hydroxyl groups is 1. The van der Waals surface area contributed by atoms with Gasteiger partial charge in [-0.15, -0.1) is 0 Å². The maximum atomic E-state index is 12.5. The maximum Gasteiger partial charge on any atom is 0.337 e. The van der Waals surface area contributed by atoms with Gasteiger partial charge in [-0.1, -0.05) is 41.4 Å². The topological polar surface area (TPSA) is 140 Å². The number of amides is 2. The Morgan fingerprint density at radius 3 is 2.56 bits per heavy atom. The predicted molar refractivity (Wildman–Crippen MR) is 174 cm³/mol. The molecule has 0 radical (unpaired) electrons. The highest BCUT2D eigenvalue weighted by atomic mass is 79.9. The van der Waals surface area contributed by atoms with Gasteiger partial charge in [0.1, 0.15) is 19.0 Å². The first-order valence-electron chi connectivity index (χ1n) is 13.7. The van der Waals surface area contributed by atoms with Crippen LogP contribution in [0.1, 0.15) is 36.6 Å². The van der Waals surface area contributed by atoms with E-state index < -0.39 is 24.3 Å². The van der Waals surface area contributed by atoms with E-state index in [0.29, 0.717) is 55.2 Å². The van der Waals surface area contributed by atoms with Gasteiger partial charge in [0.25, 0.3) is 0 Å². The molecule has 14 heteroatoms. The van der Waals surface area contributed by atoms with E-state index in [0.717, 1.165) is 5.56 Å². The zero-order valence-electron chi connectivity index (χ0n) is 24.5. The van der Waals surface area contributed by atoms with Gasteiger partial charge in [0, 0.05) is 21.3 Å². The van der Waals surface area contributed by atoms with Crippen molar-refractivity contribution in [2.45, 2.75) is 32.7 Å². The lowest BCUT2D eigenvalue weighted by molar-refractivity contribution is -0.136. The lowest BCUT2D eigenvalue weighted by Crippen LogP contribution is -2.45. The van der Waals surface area contributed by atoms with Crippen molar-refractivity contribution in [3.63, 3.8) is 0 Å². The molecule has 0 saturated heterocycles. The first kappa shape index (κ1) is 33.9. The summed E-state index contributed by atoms with van der Waals surface area (Å²) in [7, 11) is 1.27. The molecule has 1 aliphatic rings. The predicted octanol–water partition coefficient (Wildman–Crippen LogP) is 5.86. The van der Waals surface area contributed by atoms with Crippen LogP contribution in [0.3, 0.4) is 0 Å². The van der Waals surface area contributed by atoms with Crippen LogP contribution in [0.25, 0.3) is 0 Å². The van der Waals surface area contributed by atoms with E-state index in [4.69, 9.17) is 42.1 Å². The van der Waals surface area contributed by atoms with Crippen molar-refractivity contribution >= 4 is 57.3 Å². The average Bonchev–Trinajstić information content (AvgIpc) is 3.00. The standard InChI is InChI=1S/C31H31BrCl2N4O7/c1-4-43-25-12-19(28-27(30(40)42-3)17(2)36-31(41)37-28)7-10-24(25)44-16-26(39)38-35-14-20-11-22(34)13-23(32)29(20)45-15-18-5-8-21(33)9-6-18/h5-14,26,28,38-39H,4,15-16H2,1-3H3,(H2,36,37,41)/b35-14+/t26-,28+/m0/s1. The van der Waals surface area contributed by atoms with Crippen molar-refractivity contribution < 1.29 is 33.6 Å². The Kier molecular flexibility index (Phi) is 11.9. The van der Waals surface area contributed by atoms with Crippen LogP contribution in [0.2, 0.25) is 10.0 Å². The number of halogens is 3. The average molecular weight is 722 g/mol. The zero-order valence-corrected chi connectivity index (χ0v) is 27.6. The van der Waals surface area contributed by atoms with Crippen LogP contribution in [0.4, 0.5) is 4.79 Å². The molecule has 1 aliphatic heterocycles. The highest BCUT2D eigenvalue weighted by Crippen LogP contribution is 2.35. The summed E-state index contributed by atoms with van der Waals surface area (Å²) in [5, 5.41) is 21.1. The van der Waals surface area contributed by atoms with Crippen LogP contribution in [0.15, 0.2) is 75.4 Å². The minimum Gasteiger partial charge on any atom is -0.490 e. The molecule has 0 fully saturated rings. The third-order valence-electron chi connectivity index (χ3n) is 6.43. The van der Waals surface area contributed by atoms with Crippen LogP contribution in [-0.4, -0.2) is 49.9 Å². The van der Waals surface area contributed by atoms with E-state index >= 15 is 0 Å². The molecule has 0 aliphatic carbocycles. The van der Waals surface area contributed by atoms with E-state index in [-0.39, 0.29) is 18.8 Å². The largest absolute Gasteiger partial charge is 0.490 e. The van der Waals surface area contributed by atoms with Crippen molar-refractivity contribution in [3.05, 3.63) is 97.1 Å². The number of hydrogen-bond donors (Lipinski definition) is 4. The van der Waals surface area contributed by atoms with Gasteiger partial charge in [0.2, 0.25) is 0 Å². The van der Waals surface area contributed by atoms with Crippen LogP contribution < -0.4 is 30.3 Å². The molecule has 3 aromatic carbocycles. The SMILES string of the molecule is CCOc1cc([C@H]2NC(=O)NC(C)=C2C(=O)OC)ccc1OC[C@H](O)N/N=C/c1cc(Cl)cc(Br)c1OCc1ccc(Cl)cc1. The smallest absolute Gasteiger partial charge is 0.337 e. The number of allylic oxidation sites excluding steroid dienone is 1. The minimum atomic E-state index is -1.20. The monoisotopic (exact) mass is 720 g/mol. The summed E-state index contributed by atoms with van der Waals surface area (Å²) >= 11 is 15.7. The van der Waals surface area contributed by atoms with Crippen LogP contribution in [0, 0.1) is 0 Å². The maximum absolute atomic E-state index is 12.5. The van der Waals surface area contributed by atoms with Crippen molar-refractivity contribution in [1.29, 1.82) is 0 Å². The van der Waals surface area contributed by atoms with Gasteiger partial charge in [-0.25, -0.2) is 9.59 Å². The number of urea groups is 1. The summed E-state index contributed by atoms with van der Waals surface area (Å²) in [6, 6.07) is 14.4. The number of nitrogens with zero attached hydrogens (tertiary/aromatic N) is 1. The fourth-order valence-corrected chi connectivity index (χ4v) is 5.45. The first-order valence-corrected chi connectivity index (χ1v) is 15.2. The molecule has 45 heavy (non-hydrogen) atoms. The molecule has 4 rings (SSSR count). The van der Waals surface area contributed by atoms with Crippen LogP contribution in [-0.2, 0) is 16.1 Å². The van der Waals surface area contributed by atoms with Gasteiger partial charge in [0.05, 0.1) is 36.0 Å². The number of ether oxygens (including phenoxy) is 4. The van der Waals surface area contributed by atoms with Gasteiger partial charge in [0.15, 0.2) is 17.7 Å². The molecule has 1 heterocycles. The Bertz CT molecular complexity index is 1600. The Morgan fingerprint density at radius 2 is 1.84 bits per heavy atom. The van der Waals surface area contributed by atoms with Crippen LogP contribution in [0.5, 0.6) is 17.2 Å². The Morgan fingerprint density at radius 1 is 1.09 bits per heavy atom. The highest BCUT2D eigenvalue weighted by Gasteiger charge is 2.32. The lowest BCUT2D eigenvalue weighted by Gasteiger charge is -2.28. The quantitative estimate of drug-likeness (QED) is 0.0746. The van der Waals surface area contributed by atoms with Gasteiger partial charge in [-0.3, -0.25) is 5.43 Å². The molecule has 2 atom stereocenters. The number of benzene rings is 3. The van der Waals surface area contributed by atoms with E-state index in [1.807, 2.05) is 12.1 Å². The highest BCUT2D eigenvalue weighted by molar-refractivity contribution is 9.10. The first-order chi connectivity index (χ1) is 21.6. The molecule has 3 aromatic rings. The summed E-state index contributed by atoms with van der Waals surface area (Å²) in [4.78, 5) is 24.6. The van der Waals surface area contributed by atoms with Gasteiger partial charge >= 0.3 is 12.0 Å². The van der Waals surface area contributed by atoms with Crippen LogP contribution >= 0.6 is 39.1 Å². The summed E-state index contributed by atoms with van der Waals surface area (Å²) in [5.74, 6) is 0.620. The second kappa shape index (κ2) is 15.8. The van der Waals surface area contributed by atoms with Gasteiger partial charge in [-0.05, 0) is 77.3 Å². The second-order valence-electron chi connectivity index (χ2n) is 9.64. The van der Waals surface area contributed by atoms with E-state index in [1.165, 1.54) is 13.3 Å². The molecule has 0 unspecified atom stereocenters. The van der Waals surface area contributed by atoms with E-state index in [1.54, 1.807) is 56.3 Å². The summed E-state index contributed by atoms with van der Waals surface area (Å²) in [5.41, 5.74) is 5.32. The number of methoxy groups -OCH3 is 1.